The maximum atomic E-state index is 3.71. The molecule has 0 amide bonds. The van der Waals surface area contributed by atoms with E-state index in [1.54, 1.807) is 0 Å². The Morgan fingerprint density at radius 2 is 1.86 bits per heavy atom. The first-order valence-electron chi connectivity index (χ1n) is 9.80. The molecule has 1 heterocycles. The van der Waals surface area contributed by atoms with Gasteiger partial charge in [0.25, 0.3) is 0 Å². The molecule has 1 saturated carbocycles. The van der Waals surface area contributed by atoms with E-state index in [0.29, 0.717) is 0 Å². The molecule has 1 saturated heterocycles. The molecule has 0 bridgehead atoms. The Morgan fingerprint density at radius 1 is 0.952 bits per heavy atom. The molecule has 2 aliphatic rings. The van der Waals surface area contributed by atoms with Crippen molar-refractivity contribution in [2.45, 2.75) is 96.6 Å². The van der Waals surface area contributed by atoms with Crippen LogP contribution in [-0.2, 0) is 0 Å². The van der Waals surface area contributed by atoms with Crippen LogP contribution >= 0.6 is 0 Å². The average Bonchev–Trinajstić information content (AvgIpc) is 2.89. The first kappa shape index (κ1) is 17.3. The molecule has 1 N–H and O–H groups in total. The van der Waals surface area contributed by atoms with Crippen LogP contribution in [0.25, 0.3) is 0 Å². The lowest BCUT2D eigenvalue weighted by Gasteiger charge is -2.33. The Morgan fingerprint density at radius 3 is 2.57 bits per heavy atom. The first-order valence-corrected chi connectivity index (χ1v) is 9.80. The highest BCUT2D eigenvalue weighted by atomic mass is 15.2. The van der Waals surface area contributed by atoms with Crippen LogP contribution in [0, 0.1) is 5.92 Å². The zero-order chi connectivity index (χ0) is 14.9. The zero-order valence-corrected chi connectivity index (χ0v) is 14.6. The Balaban J connectivity index is 1.85. The van der Waals surface area contributed by atoms with Gasteiger partial charge in [-0.2, -0.15) is 0 Å². The summed E-state index contributed by atoms with van der Waals surface area (Å²) < 4.78 is 0. The van der Waals surface area contributed by atoms with Gasteiger partial charge >= 0.3 is 0 Å². The van der Waals surface area contributed by atoms with Crippen LogP contribution in [0.3, 0.4) is 0 Å². The molecule has 3 unspecified atom stereocenters. The van der Waals surface area contributed by atoms with Crippen LogP contribution in [0.4, 0.5) is 0 Å². The van der Waals surface area contributed by atoms with E-state index in [1.807, 2.05) is 0 Å². The molecule has 21 heavy (non-hydrogen) atoms. The van der Waals surface area contributed by atoms with Gasteiger partial charge in [0.2, 0.25) is 0 Å². The fourth-order valence-corrected chi connectivity index (χ4v) is 4.40. The maximum Gasteiger partial charge on any atom is 0.0195 e. The van der Waals surface area contributed by atoms with Crippen molar-refractivity contribution in [3.05, 3.63) is 0 Å². The van der Waals surface area contributed by atoms with Crippen molar-refractivity contribution in [1.82, 2.24) is 10.2 Å². The highest BCUT2D eigenvalue weighted by Gasteiger charge is 2.26. The topological polar surface area (TPSA) is 15.3 Å². The van der Waals surface area contributed by atoms with Gasteiger partial charge in [0.15, 0.2) is 0 Å². The monoisotopic (exact) mass is 294 g/mol. The van der Waals surface area contributed by atoms with Gasteiger partial charge in [-0.1, -0.05) is 46.0 Å². The van der Waals surface area contributed by atoms with Crippen molar-refractivity contribution in [1.29, 1.82) is 0 Å². The number of unbranched alkanes of at least 4 members (excludes halogenated alkanes) is 1. The molecule has 2 fully saturated rings. The summed E-state index contributed by atoms with van der Waals surface area (Å²) in [6.07, 6.45) is 15.7. The summed E-state index contributed by atoms with van der Waals surface area (Å²) >= 11 is 0. The molecule has 0 spiro atoms. The predicted octanol–water partition coefficient (Wildman–Crippen LogP) is 4.59. The van der Waals surface area contributed by atoms with E-state index in [4.69, 9.17) is 0 Å². The van der Waals surface area contributed by atoms with Gasteiger partial charge in [-0.05, 0) is 57.5 Å². The number of hydrogen-bond donors (Lipinski definition) is 1. The second-order valence-electron chi connectivity index (χ2n) is 7.46. The van der Waals surface area contributed by atoms with Crippen molar-refractivity contribution >= 4 is 0 Å². The Kier molecular flexibility index (Phi) is 8.10. The van der Waals surface area contributed by atoms with Crippen molar-refractivity contribution in [2.24, 2.45) is 5.92 Å². The van der Waals surface area contributed by atoms with Crippen LogP contribution in [0.2, 0.25) is 0 Å². The smallest absolute Gasteiger partial charge is 0.0195 e. The highest BCUT2D eigenvalue weighted by molar-refractivity contribution is 4.83. The standard InChI is InChI=1S/C19H38N2/c1-3-5-15-21(16-18-10-7-14-20-18)19-11-6-9-17(8-4-2)12-13-19/h17-20H,3-16H2,1-2H3. The van der Waals surface area contributed by atoms with Crippen molar-refractivity contribution < 1.29 is 0 Å². The molecule has 0 radical (unpaired) electrons. The number of nitrogens with zero attached hydrogens (tertiary/aromatic N) is 1. The van der Waals surface area contributed by atoms with Gasteiger partial charge < -0.3 is 5.32 Å². The van der Waals surface area contributed by atoms with E-state index in [9.17, 15) is 0 Å². The van der Waals surface area contributed by atoms with E-state index in [2.05, 4.69) is 24.1 Å². The molecule has 2 nitrogen and oxygen atoms in total. The normalized spacial score (nSPS) is 30.7. The summed E-state index contributed by atoms with van der Waals surface area (Å²) in [6, 6.07) is 1.65. The molecular formula is C19H38N2. The molecule has 3 atom stereocenters. The molecule has 0 aromatic rings. The van der Waals surface area contributed by atoms with Crippen LogP contribution in [-0.4, -0.2) is 36.6 Å². The lowest BCUT2D eigenvalue weighted by molar-refractivity contribution is 0.160. The second kappa shape index (κ2) is 9.84. The van der Waals surface area contributed by atoms with E-state index in [-0.39, 0.29) is 0 Å². The lowest BCUT2D eigenvalue weighted by Crippen LogP contribution is -2.43. The predicted molar refractivity (Wildman–Crippen MR) is 92.8 cm³/mol. The average molecular weight is 295 g/mol. The molecule has 1 aliphatic carbocycles. The Bertz CT molecular complexity index is 260. The molecule has 0 aromatic heterocycles. The molecule has 2 heteroatoms. The molecule has 124 valence electrons. The minimum Gasteiger partial charge on any atom is -0.313 e. The van der Waals surface area contributed by atoms with E-state index in [1.165, 1.54) is 90.3 Å². The van der Waals surface area contributed by atoms with Gasteiger partial charge in [0.05, 0.1) is 0 Å². The number of nitrogens with one attached hydrogen (secondary N) is 1. The van der Waals surface area contributed by atoms with Crippen LogP contribution in [0.15, 0.2) is 0 Å². The number of rotatable bonds is 8. The van der Waals surface area contributed by atoms with Crippen LogP contribution in [0.1, 0.15) is 84.5 Å². The molecule has 1 aliphatic heterocycles. The van der Waals surface area contributed by atoms with Gasteiger partial charge in [0.1, 0.15) is 0 Å². The summed E-state index contributed by atoms with van der Waals surface area (Å²) in [7, 11) is 0. The largest absolute Gasteiger partial charge is 0.313 e. The zero-order valence-electron chi connectivity index (χ0n) is 14.6. The van der Waals surface area contributed by atoms with Gasteiger partial charge in [-0.3, -0.25) is 4.90 Å². The fourth-order valence-electron chi connectivity index (χ4n) is 4.40. The third-order valence-corrected chi connectivity index (χ3v) is 5.69. The van der Waals surface area contributed by atoms with E-state index >= 15 is 0 Å². The summed E-state index contributed by atoms with van der Waals surface area (Å²) in [5.41, 5.74) is 0. The van der Waals surface area contributed by atoms with Crippen molar-refractivity contribution in [3.8, 4) is 0 Å². The number of hydrogen-bond acceptors (Lipinski definition) is 2. The van der Waals surface area contributed by atoms with E-state index in [0.717, 1.165) is 18.0 Å². The van der Waals surface area contributed by atoms with Gasteiger partial charge in [-0.15, -0.1) is 0 Å². The fraction of sp³-hybridized carbons (Fsp3) is 1.00. The maximum absolute atomic E-state index is 3.71. The summed E-state index contributed by atoms with van der Waals surface area (Å²) in [5, 5.41) is 3.71. The van der Waals surface area contributed by atoms with Crippen molar-refractivity contribution in [2.75, 3.05) is 19.6 Å². The first-order chi connectivity index (χ1) is 10.3. The summed E-state index contributed by atoms with van der Waals surface area (Å²) in [4.78, 5) is 2.86. The third-order valence-electron chi connectivity index (χ3n) is 5.69. The Hall–Kier alpha value is -0.0800. The summed E-state index contributed by atoms with van der Waals surface area (Å²) in [5.74, 6) is 1.03. The third kappa shape index (κ3) is 5.90. The van der Waals surface area contributed by atoms with Gasteiger partial charge in [0, 0.05) is 18.6 Å². The van der Waals surface area contributed by atoms with Crippen LogP contribution in [0.5, 0.6) is 0 Å². The molecule has 0 aromatic carbocycles. The molecule has 2 rings (SSSR count). The summed E-state index contributed by atoms with van der Waals surface area (Å²) in [6.45, 7) is 8.56. The van der Waals surface area contributed by atoms with Crippen molar-refractivity contribution in [3.63, 3.8) is 0 Å². The van der Waals surface area contributed by atoms with Gasteiger partial charge in [-0.25, -0.2) is 0 Å². The second-order valence-corrected chi connectivity index (χ2v) is 7.46. The Labute approximate surface area is 133 Å². The quantitative estimate of drug-likeness (QED) is 0.659. The minimum atomic E-state index is 0.775. The van der Waals surface area contributed by atoms with E-state index < -0.39 is 0 Å². The molecular weight excluding hydrogens is 256 g/mol. The van der Waals surface area contributed by atoms with Crippen LogP contribution < -0.4 is 5.32 Å². The minimum absolute atomic E-state index is 0.775. The lowest BCUT2D eigenvalue weighted by atomic mass is 9.95. The SMILES string of the molecule is CCCCN(CC1CCCN1)C1CCCC(CCC)CC1. The highest BCUT2D eigenvalue weighted by Crippen LogP contribution is 2.29.